The van der Waals surface area contributed by atoms with E-state index in [1.54, 1.807) is 0 Å². The third kappa shape index (κ3) is 3.62. The molecule has 0 bridgehead atoms. The molecule has 0 N–H and O–H groups in total. The number of fused-ring (bicyclic) bond motifs is 6. The highest BCUT2D eigenvalue weighted by Crippen LogP contribution is 2.40. The largest absolute Gasteiger partial charge is 0.335 e. The molecule has 192 valence electrons. The van der Waals surface area contributed by atoms with E-state index in [0.29, 0.717) is 5.92 Å². The van der Waals surface area contributed by atoms with Crippen molar-refractivity contribution in [2.24, 2.45) is 0 Å². The molecule has 0 radical (unpaired) electrons. The van der Waals surface area contributed by atoms with Gasteiger partial charge in [0, 0.05) is 38.3 Å². The summed E-state index contributed by atoms with van der Waals surface area (Å²) in [5.41, 5.74) is 10.1. The van der Waals surface area contributed by atoms with Gasteiger partial charge in [0.2, 0.25) is 0 Å². The highest BCUT2D eigenvalue weighted by Gasteiger charge is 2.21. The molecule has 0 aliphatic heterocycles. The zero-order valence-corrected chi connectivity index (χ0v) is 23.4. The Hall–Kier alpha value is -4.30. The fourth-order valence-corrected chi connectivity index (χ4v) is 6.48. The van der Waals surface area contributed by atoms with Crippen LogP contribution in [0.1, 0.15) is 46.1 Å². The Labute approximate surface area is 230 Å². The van der Waals surface area contributed by atoms with Crippen LogP contribution in [0.15, 0.2) is 109 Å². The fraction of sp³-hybridized carbons (Fsp3) is 0.189. The minimum absolute atomic E-state index is 0.0308. The van der Waals surface area contributed by atoms with E-state index in [1.807, 2.05) is 0 Å². The van der Waals surface area contributed by atoms with E-state index in [1.165, 1.54) is 66.0 Å². The van der Waals surface area contributed by atoms with Gasteiger partial charge in [0.25, 0.3) is 0 Å². The lowest BCUT2D eigenvalue weighted by molar-refractivity contribution is 0.423. The third-order valence-corrected chi connectivity index (χ3v) is 8.14. The molecule has 0 fully saturated rings. The molecule has 2 heteroatoms. The first kappa shape index (κ1) is 23.8. The summed E-state index contributed by atoms with van der Waals surface area (Å²) in [6, 6.07) is 40.3. The molecule has 0 saturated heterocycles. The Morgan fingerprint density at radius 2 is 1.15 bits per heavy atom. The molecule has 0 aliphatic carbocycles. The summed E-state index contributed by atoms with van der Waals surface area (Å²) in [5.74, 6) is 0.449. The molecular weight excluding hydrogens is 472 g/mol. The zero-order chi connectivity index (χ0) is 26.9. The molecule has 7 aromatic rings. The Morgan fingerprint density at radius 3 is 1.87 bits per heavy atom. The molecule has 2 aromatic heterocycles. The summed E-state index contributed by atoms with van der Waals surface area (Å²) in [6.45, 7) is 11.5. The van der Waals surface area contributed by atoms with Crippen molar-refractivity contribution in [2.75, 3.05) is 0 Å². The summed E-state index contributed by atoms with van der Waals surface area (Å²) >= 11 is 0. The van der Waals surface area contributed by atoms with Crippen molar-refractivity contribution in [3.05, 3.63) is 115 Å². The number of hydrogen-bond acceptors (Lipinski definition) is 0. The summed E-state index contributed by atoms with van der Waals surface area (Å²) < 4.78 is 4.93. The van der Waals surface area contributed by atoms with Gasteiger partial charge in [-0.15, -0.1) is 0 Å². The van der Waals surface area contributed by atoms with Crippen molar-refractivity contribution in [1.29, 1.82) is 0 Å². The van der Waals surface area contributed by atoms with Gasteiger partial charge in [-0.3, -0.25) is 0 Å². The van der Waals surface area contributed by atoms with Crippen molar-refractivity contribution in [3.63, 3.8) is 0 Å². The second kappa shape index (κ2) is 8.61. The van der Waals surface area contributed by atoms with Crippen LogP contribution >= 0.6 is 0 Å². The van der Waals surface area contributed by atoms with Crippen molar-refractivity contribution < 1.29 is 0 Å². The molecular formula is C37H34N2. The topological polar surface area (TPSA) is 9.86 Å². The highest BCUT2D eigenvalue weighted by atomic mass is 15.0. The summed E-state index contributed by atoms with van der Waals surface area (Å²) in [7, 11) is 0. The van der Waals surface area contributed by atoms with E-state index >= 15 is 0 Å². The SMILES string of the molecule is CC(C)c1cccc2c1c1ccc(-c3ccc4c5ccccc5n(C(C)(C)C)c4c3)cc1n2-c1ccccc1. The van der Waals surface area contributed by atoms with Crippen molar-refractivity contribution >= 4 is 43.6 Å². The molecule has 39 heavy (non-hydrogen) atoms. The van der Waals surface area contributed by atoms with Crippen LogP contribution in [0.25, 0.3) is 60.4 Å². The minimum atomic E-state index is -0.0308. The molecule has 0 aliphatic rings. The smallest absolute Gasteiger partial charge is 0.0547 e. The van der Waals surface area contributed by atoms with Gasteiger partial charge >= 0.3 is 0 Å². The van der Waals surface area contributed by atoms with E-state index in [-0.39, 0.29) is 5.54 Å². The second-order valence-corrected chi connectivity index (χ2v) is 12.1. The fourth-order valence-electron chi connectivity index (χ4n) is 6.48. The van der Waals surface area contributed by atoms with Crippen LogP contribution in [0, 0.1) is 0 Å². The van der Waals surface area contributed by atoms with Crippen LogP contribution in [0.4, 0.5) is 0 Å². The van der Waals surface area contributed by atoms with Crippen LogP contribution in [0.3, 0.4) is 0 Å². The van der Waals surface area contributed by atoms with Gasteiger partial charge in [0.05, 0.1) is 16.6 Å². The quantitative estimate of drug-likeness (QED) is 0.226. The standard InChI is InChI=1S/C37H34N2/c1-24(2)28-15-11-17-33-36(28)31-21-19-25(22-34(31)38(33)27-12-7-6-8-13-27)26-18-20-30-29-14-9-10-16-32(29)39(35(30)23-26)37(3,4)5/h6-24H,1-5H3. The van der Waals surface area contributed by atoms with Gasteiger partial charge in [0.15, 0.2) is 0 Å². The number of rotatable bonds is 3. The van der Waals surface area contributed by atoms with Crippen molar-refractivity contribution in [2.45, 2.75) is 46.1 Å². The van der Waals surface area contributed by atoms with E-state index in [2.05, 4.69) is 153 Å². The van der Waals surface area contributed by atoms with E-state index in [9.17, 15) is 0 Å². The van der Waals surface area contributed by atoms with Gasteiger partial charge in [-0.05, 0) is 79.8 Å². The monoisotopic (exact) mass is 506 g/mol. The van der Waals surface area contributed by atoms with Crippen molar-refractivity contribution in [1.82, 2.24) is 9.13 Å². The van der Waals surface area contributed by atoms with Crippen LogP contribution in [0.2, 0.25) is 0 Å². The van der Waals surface area contributed by atoms with Gasteiger partial charge in [-0.2, -0.15) is 0 Å². The molecule has 2 heterocycles. The number of benzene rings is 5. The Morgan fingerprint density at radius 1 is 0.538 bits per heavy atom. The summed E-state index contributed by atoms with van der Waals surface area (Å²) in [4.78, 5) is 0. The van der Waals surface area contributed by atoms with Crippen molar-refractivity contribution in [3.8, 4) is 16.8 Å². The average molecular weight is 507 g/mol. The summed E-state index contributed by atoms with van der Waals surface area (Å²) in [6.07, 6.45) is 0. The van der Waals surface area contributed by atoms with Crippen LogP contribution in [-0.2, 0) is 5.54 Å². The maximum absolute atomic E-state index is 2.50. The minimum Gasteiger partial charge on any atom is -0.335 e. The lowest BCUT2D eigenvalue weighted by atomic mass is 9.96. The van der Waals surface area contributed by atoms with Gasteiger partial charge < -0.3 is 9.13 Å². The highest BCUT2D eigenvalue weighted by molar-refractivity contribution is 6.13. The third-order valence-electron chi connectivity index (χ3n) is 8.14. The molecule has 0 spiro atoms. The zero-order valence-electron chi connectivity index (χ0n) is 23.4. The molecule has 0 atom stereocenters. The van der Waals surface area contributed by atoms with Crippen LogP contribution < -0.4 is 0 Å². The van der Waals surface area contributed by atoms with Gasteiger partial charge in [-0.1, -0.05) is 86.6 Å². The molecule has 2 nitrogen and oxygen atoms in total. The number of hydrogen-bond donors (Lipinski definition) is 0. The molecule has 7 rings (SSSR count). The number of para-hydroxylation sites is 2. The second-order valence-electron chi connectivity index (χ2n) is 12.1. The van der Waals surface area contributed by atoms with Crippen LogP contribution in [0.5, 0.6) is 0 Å². The summed E-state index contributed by atoms with van der Waals surface area (Å²) in [5, 5.41) is 5.30. The van der Waals surface area contributed by atoms with Crippen LogP contribution in [-0.4, -0.2) is 9.13 Å². The number of aromatic nitrogens is 2. The van der Waals surface area contributed by atoms with E-state index < -0.39 is 0 Å². The predicted molar refractivity (Wildman–Crippen MR) is 168 cm³/mol. The first-order chi connectivity index (χ1) is 18.8. The first-order valence-corrected chi connectivity index (χ1v) is 14.0. The first-order valence-electron chi connectivity index (χ1n) is 14.0. The maximum atomic E-state index is 2.50. The van der Waals surface area contributed by atoms with Gasteiger partial charge in [-0.25, -0.2) is 0 Å². The normalized spacial score (nSPS) is 12.5. The van der Waals surface area contributed by atoms with Gasteiger partial charge in [0.1, 0.15) is 0 Å². The Kier molecular flexibility index (Phi) is 5.25. The average Bonchev–Trinajstić information content (AvgIpc) is 3.45. The molecule has 0 unspecified atom stereocenters. The molecule has 5 aromatic carbocycles. The Balaban J connectivity index is 1.53. The maximum Gasteiger partial charge on any atom is 0.0547 e. The lowest BCUT2D eigenvalue weighted by Gasteiger charge is -2.24. The molecule has 0 amide bonds. The van der Waals surface area contributed by atoms with E-state index in [4.69, 9.17) is 0 Å². The lowest BCUT2D eigenvalue weighted by Crippen LogP contribution is -2.21. The predicted octanol–water partition coefficient (Wildman–Crippen LogP) is 10.4. The molecule has 0 saturated carbocycles. The Bertz CT molecular complexity index is 2010. The number of nitrogens with zero attached hydrogens (tertiary/aromatic N) is 2. The van der Waals surface area contributed by atoms with E-state index in [0.717, 1.165) is 0 Å².